The minimum absolute atomic E-state index is 0.0153. The molecule has 8 nitrogen and oxygen atoms in total. The van der Waals surface area contributed by atoms with Gasteiger partial charge in [-0.05, 0) is 26.8 Å². The Hall–Kier alpha value is -2.59. The van der Waals surface area contributed by atoms with E-state index in [4.69, 9.17) is 4.74 Å². The van der Waals surface area contributed by atoms with Gasteiger partial charge in [0.2, 0.25) is 5.91 Å². The zero-order valence-corrected chi connectivity index (χ0v) is 17.4. The molecule has 2 amide bonds. The van der Waals surface area contributed by atoms with E-state index < -0.39 is 24.4 Å². The first-order chi connectivity index (χ1) is 13.2. The van der Waals surface area contributed by atoms with Crippen molar-refractivity contribution in [3.05, 3.63) is 37.5 Å². The highest BCUT2D eigenvalue weighted by atomic mass is 32.1. The summed E-state index contributed by atoms with van der Waals surface area (Å²) in [6.07, 6.45) is -0.0558. The van der Waals surface area contributed by atoms with Crippen molar-refractivity contribution in [3.63, 3.8) is 0 Å². The lowest BCUT2D eigenvalue weighted by atomic mass is 10.1. The van der Waals surface area contributed by atoms with Crippen molar-refractivity contribution in [1.82, 2.24) is 15.8 Å². The number of carbonyl (C=O) groups excluding carboxylic acids is 4. The molecule has 10 heteroatoms. The van der Waals surface area contributed by atoms with Crippen LogP contribution in [0.25, 0.3) is 0 Å². The van der Waals surface area contributed by atoms with Crippen LogP contribution in [0.3, 0.4) is 0 Å². The largest absolute Gasteiger partial charge is 0.455 e. The highest BCUT2D eigenvalue weighted by molar-refractivity contribution is 7.12. The molecule has 0 radical (unpaired) electrons. The third-order valence-electron chi connectivity index (χ3n) is 3.58. The number of ketones is 1. The first-order valence-corrected chi connectivity index (χ1v) is 10.2. The van der Waals surface area contributed by atoms with E-state index in [0.29, 0.717) is 10.6 Å². The van der Waals surface area contributed by atoms with Gasteiger partial charge in [0.25, 0.3) is 5.91 Å². The summed E-state index contributed by atoms with van der Waals surface area (Å²) in [5.74, 6) is -1.89. The van der Waals surface area contributed by atoms with Crippen LogP contribution in [0, 0.1) is 20.8 Å². The second-order valence-corrected chi connectivity index (χ2v) is 8.47. The van der Waals surface area contributed by atoms with Crippen molar-refractivity contribution in [1.29, 1.82) is 0 Å². The molecule has 0 fully saturated rings. The lowest BCUT2D eigenvalue weighted by Crippen LogP contribution is -2.44. The third kappa shape index (κ3) is 6.86. The lowest BCUT2D eigenvalue weighted by molar-refractivity contribution is -0.148. The molecule has 0 atom stereocenters. The number of rotatable bonds is 8. The Morgan fingerprint density at radius 2 is 1.79 bits per heavy atom. The van der Waals surface area contributed by atoms with Gasteiger partial charge < -0.3 is 4.74 Å². The molecule has 2 heterocycles. The second-order valence-electron chi connectivity index (χ2n) is 6.07. The molecule has 0 aromatic carbocycles. The summed E-state index contributed by atoms with van der Waals surface area (Å²) in [5.41, 5.74) is 5.83. The van der Waals surface area contributed by atoms with Gasteiger partial charge in [0.05, 0.1) is 12.8 Å². The van der Waals surface area contributed by atoms with Crippen LogP contribution >= 0.6 is 22.7 Å². The average Bonchev–Trinajstić information content (AvgIpc) is 3.20. The summed E-state index contributed by atoms with van der Waals surface area (Å²) in [6, 6.07) is 1.80. The van der Waals surface area contributed by atoms with Gasteiger partial charge in [-0.1, -0.05) is 0 Å². The van der Waals surface area contributed by atoms with E-state index in [1.54, 1.807) is 6.07 Å². The number of amides is 2. The van der Waals surface area contributed by atoms with Crippen molar-refractivity contribution in [2.75, 3.05) is 6.61 Å². The van der Waals surface area contributed by atoms with E-state index in [2.05, 4.69) is 15.8 Å². The number of ether oxygens (including phenoxy) is 1. The van der Waals surface area contributed by atoms with Crippen LogP contribution in [0.15, 0.2) is 11.4 Å². The molecule has 0 aliphatic heterocycles. The van der Waals surface area contributed by atoms with Crippen molar-refractivity contribution in [2.45, 2.75) is 40.0 Å². The van der Waals surface area contributed by atoms with Gasteiger partial charge in [-0.2, -0.15) is 0 Å². The lowest BCUT2D eigenvalue weighted by Gasteiger charge is -2.07. The molecular formula is C18H21N3O5S2. The zero-order chi connectivity index (χ0) is 20.7. The van der Waals surface area contributed by atoms with E-state index in [1.807, 2.05) is 26.2 Å². The Labute approximate surface area is 170 Å². The number of hydrogen-bond acceptors (Lipinski definition) is 8. The molecule has 2 aromatic heterocycles. The first-order valence-electron chi connectivity index (χ1n) is 8.49. The Kier molecular flexibility index (Phi) is 7.82. The number of nitrogens with one attached hydrogen (secondary N) is 2. The van der Waals surface area contributed by atoms with Crippen molar-refractivity contribution in [2.24, 2.45) is 0 Å². The molecule has 150 valence electrons. The van der Waals surface area contributed by atoms with Gasteiger partial charge in [0.15, 0.2) is 12.4 Å². The predicted octanol–water partition coefficient (Wildman–Crippen LogP) is 2.03. The van der Waals surface area contributed by atoms with Crippen LogP contribution in [0.2, 0.25) is 0 Å². The third-order valence-corrected chi connectivity index (χ3v) is 5.51. The van der Waals surface area contributed by atoms with E-state index in [1.165, 1.54) is 22.7 Å². The van der Waals surface area contributed by atoms with E-state index >= 15 is 0 Å². The molecule has 0 saturated carbocycles. The summed E-state index contributed by atoms with van der Waals surface area (Å²) in [4.78, 5) is 53.3. The van der Waals surface area contributed by atoms with Crippen LogP contribution in [0.4, 0.5) is 0 Å². The molecule has 0 bridgehead atoms. The highest BCUT2D eigenvalue weighted by Crippen LogP contribution is 2.22. The highest BCUT2D eigenvalue weighted by Gasteiger charge is 2.15. The molecule has 0 aliphatic rings. The Morgan fingerprint density at radius 3 is 2.39 bits per heavy atom. The van der Waals surface area contributed by atoms with Crippen molar-refractivity contribution >= 4 is 46.2 Å². The van der Waals surface area contributed by atoms with Gasteiger partial charge >= 0.3 is 5.97 Å². The molecule has 0 spiro atoms. The number of aryl methyl sites for hydroxylation is 3. The molecule has 2 aromatic rings. The van der Waals surface area contributed by atoms with Gasteiger partial charge in [0, 0.05) is 32.8 Å². The Bertz CT molecular complexity index is 888. The van der Waals surface area contributed by atoms with Crippen molar-refractivity contribution in [3.8, 4) is 0 Å². The monoisotopic (exact) mass is 423 g/mol. The van der Waals surface area contributed by atoms with E-state index in [9.17, 15) is 19.2 Å². The number of nitrogens with zero attached hydrogens (tertiary/aromatic N) is 1. The average molecular weight is 424 g/mol. The van der Waals surface area contributed by atoms with Crippen LogP contribution in [-0.2, 0) is 25.5 Å². The van der Waals surface area contributed by atoms with Crippen LogP contribution in [0.1, 0.15) is 43.7 Å². The molecule has 0 saturated heterocycles. The number of aromatic nitrogens is 1. The standard InChI is InChI=1S/C18H21N3O5S2/c1-10-9-27-17(19-10)7-15(23)20-21-16(24)8-26-18(25)5-4-14(22)13-6-11(2)28-12(13)3/h6,9H,4-5,7-8H2,1-3H3,(H,20,23)(H,21,24). The summed E-state index contributed by atoms with van der Waals surface area (Å²) in [6.45, 7) is 5.06. The Morgan fingerprint density at radius 1 is 1.07 bits per heavy atom. The smallest absolute Gasteiger partial charge is 0.306 e. The van der Waals surface area contributed by atoms with Crippen LogP contribution in [-0.4, -0.2) is 35.2 Å². The maximum atomic E-state index is 12.1. The molecule has 2 rings (SSSR count). The molecular weight excluding hydrogens is 402 g/mol. The van der Waals surface area contributed by atoms with Gasteiger partial charge in [-0.3, -0.25) is 30.0 Å². The quantitative estimate of drug-likeness (QED) is 0.381. The number of hydrazine groups is 1. The maximum absolute atomic E-state index is 12.1. The number of Topliss-reactive ketones (excluding diaryl/α,β-unsaturated/α-hetero) is 1. The summed E-state index contributed by atoms with van der Waals surface area (Å²) >= 11 is 2.88. The molecule has 28 heavy (non-hydrogen) atoms. The summed E-state index contributed by atoms with van der Waals surface area (Å²) in [7, 11) is 0. The van der Waals surface area contributed by atoms with Crippen LogP contribution < -0.4 is 10.9 Å². The van der Waals surface area contributed by atoms with Crippen LogP contribution in [0.5, 0.6) is 0 Å². The summed E-state index contributed by atoms with van der Waals surface area (Å²) < 4.78 is 4.82. The zero-order valence-electron chi connectivity index (χ0n) is 15.8. The fraction of sp³-hybridized carbons (Fsp3) is 0.389. The van der Waals surface area contributed by atoms with Crippen molar-refractivity contribution < 1.29 is 23.9 Å². The fourth-order valence-electron chi connectivity index (χ4n) is 2.32. The number of carbonyl (C=O) groups is 4. The SMILES string of the molecule is Cc1csc(CC(=O)NNC(=O)COC(=O)CCC(=O)c2cc(C)sc2C)n1. The van der Waals surface area contributed by atoms with Gasteiger partial charge in [-0.25, -0.2) is 4.98 Å². The van der Waals surface area contributed by atoms with E-state index in [-0.39, 0.29) is 25.0 Å². The normalized spacial score (nSPS) is 10.4. The molecule has 2 N–H and O–H groups in total. The first kappa shape index (κ1) is 21.7. The number of hydrogen-bond donors (Lipinski definition) is 2. The minimum Gasteiger partial charge on any atom is -0.455 e. The Balaban J connectivity index is 1.63. The van der Waals surface area contributed by atoms with Gasteiger partial charge in [-0.15, -0.1) is 22.7 Å². The molecule has 0 aliphatic carbocycles. The minimum atomic E-state index is -0.673. The number of thiophene rings is 1. The molecule has 0 unspecified atom stereocenters. The topological polar surface area (TPSA) is 114 Å². The number of esters is 1. The van der Waals surface area contributed by atoms with E-state index in [0.717, 1.165) is 15.4 Å². The maximum Gasteiger partial charge on any atom is 0.306 e. The number of thiazole rings is 1. The fourth-order valence-corrected chi connectivity index (χ4v) is 4.03. The van der Waals surface area contributed by atoms with Gasteiger partial charge in [0.1, 0.15) is 5.01 Å². The predicted molar refractivity (Wildman–Crippen MR) is 105 cm³/mol. The summed E-state index contributed by atoms with van der Waals surface area (Å²) in [5, 5.41) is 2.46. The second kappa shape index (κ2) is 10.1.